The van der Waals surface area contributed by atoms with Gasteiger partial charge >= 0.3 is 12.1 Å². The molecule has 26 heavy (non-hydrogen) atoms. The molecule has 0 saturated carbocycles. The fourth-order valence-corrected chi connectivity index (χ4v) is 3.49. The van der Waals surface area contributed by atoms with E-state index < -0.39 is 37.4 Å². The summed E-state index contributed by atoms with van der Waals surface area (Å²) < 4.78 is 16.5. The number of imide groups is 1. The third-order valence-corrected chi connectivity index (χ3v) is 9.53. The minimum Gasteiger partial charge on any atom is -0.467 e. The van der Waals surface area contributed by atoms with Crippen molar-refractivity contribution < 1.29 is 28.3 Å². The second-order valence-electron chi connectivity index (χ2n) is 9.28. The van der Waals surface area contributed by atoms with E-state index in [0.29, 0.717) is 0 Å². The smallest absolute Gasteiger partial charge is 0.418 e. The first-order valence-corrected chi connectivity index (χ1v) is 11.8. The first-order valence-electron chi connectivity index (χ1n) is 8.86. The van der Waals surface area contributed by atoms with Crippen LogP contribution < -0.4 is 0 Å². The topological polar surface area (TPSA) is 82.1 Å². The largest absolute Gasteiger partial charge is 0.467 e. The van der Waals surface area contributed by atoms with E-state index in [2.05, 4.69) is 20.8 Å². The molecule has 1 aliphatic heterocycles. The van der Waals surface area contributed by atoms with Crippen LogP contribution in [0, 0.1) is 0 Å². The molecule has 1 heterocycles. The van der Waals surface area contributed by atoms with Gasteiger partial charge < -0.3 is 13.9 Å². The summed E-state index contributed by atoms with van der Waals surface area (Å²) in [7, 11) is -0.967. The zero-order valence-corrected chi connectivity index (χ0v) is 18.5. The number of carbonyl (C=O) groups excluding carboxylic acids is 3. The normalized spacial score (nSPS) is 21.7. The fraction of sp³-hybridized carbons (Fsp3) is 0.833. The molecule has 7 nitrogen and oxygen atoms in total. The van der Waals surface area contributed by atoms with Gasteiger partial charge in [-0.15, -0.1) is 0 Å². The van der Waals surface area contributed by atoms with Crippen molar-refractivity contribution in [3.05, 3.63) is 0 Å². The number of amides is 2. The summed E-state index contributed by atoms with van der Waals surface area (Å²) in [4.78, 5) is 38.6. The molecule has 0 aromatic carbocycles. The van der Waals surface area contributed by atoms with Crippen molar-refractivity contribution in [2.24, 2.45) is 0 Å². The summed E-state index contributed by atoms with van der Waals surface area (Å²) >= 11 is 0. The number of carbonyl (C=O) groups is 3. The van der Waals surface area contributed by atoms with Crippen molar-refractivity contribution in [3.63, 3.8) is 0 Å². The van der Waals surface area contributed by atoms with Gasteiger partial charge in [0, 0.05) is 6.42 Å². The molecular weight excluding hydrogens is 354 g/mol. The van der Waals surface area contributed by atoms with Crippen LogP contribution in [0.15, 0.2) is 0 Å². The van der Waals surface area contributed by atoms with Crippen molar-refractivity contribution in [2.45, 2.75) is 83.7 Å². The molecule has 0 aromatic heterocycles. The number of esters is 1. The van der Waals surface area contributed by atoms with Crippen molar-refractivity contribution in [3.8, 4) is 0 Å². The Morgan fingerprint density at radius 2 is 1.69 bits per heavy atom. The Balaban J connectivity index is 3.23. The summed E-state index contributed by atoms with van der Waals surface area (Å²) in [6.45, 7) is 15.4. The van der Waals surface area contributed by atoms with E-state index >= 15 is 0 Å². The molecule has 1 atom stereocenters. The lowest BCUT2D eigenvalue weighted by Gasteiger charge is -2.41. The van der Waals surface area contributed by atoms with Crippen molar-refractivity contribution >= 4 is 26.3 Å². The number of ether oxygens (including phenoxy) is 2. The summed E-state index contributed by atoms with van der Waals surface area (Å²) in [5, 5.41) is -0.0797. The number of likely N-dealkylation sites (tertiary alicyclic amines) is 1. The third kappa shape index (κ3) is 4.65. The molecule has 1 rings (SSSR count). The Labute approximate surface area is 157 Å². The molecule has 0 aromatic rings. The number of rotatable bonds is 4. The molecule has 150 valence electrons. The average molecular weight is 388 g/mol. The van der Waals surface area contributed by atoms with Crippen LogP contribution in [0.5, 0.6) is 0 Å². The summed E-state index contributed by atoms with van der Waals surface area (Å²) in [6.07, 6.45) is -0.620. The van der Waals surface area contributed by atoms with E-state index in [1.165, 1.54) is 7.11 Å². The zero-order valence-electron chi connectivity index (χ0n) is 17.5. The van der Waals surface area contributed by atoms with E-state index in [4.69, 9.17) is 13.9 Å². The van der Waals surface area contributed by atoms with Gasteiger partial charge in [0.1, 0.15) is 5.60 Å². The van der Waals surface area contributed by atoms with Crippen LogP contribution in [0.1, 0.15) is 54.4 Å². The maximum Gasteiger partial charge on any atom is 0.418 e. The van der Waals surface area contributed by atoms with Gasteiger partial charge in [0.25, 0.3) is 0 Å². The van der Waals surface area contributed by atoms with Gasteiger partial charge in [-0.1, -0.05) is 20.8 Å². The first-order chi connectivity index (χ1) is 11.6. The molecule has 1 saturated heterocycles. The molecule has 0 radical (unpaired) electrons. The van der Waals surface area contributed by atoms with Gasteiger partial charge in [-0.2, -0.15) is 0 Å². The number of hydrogen-bond acceptors (Lipinski definition) is 6. The van der Waals surface area contributed by atoms with Crippen molar-refractivity contribution in [1.82, 2.24) is 4.90 Å². The second-order valence-corrected chi connectivity index (χ2v) is 14.1. The number of methoxy groups -OCH3 is 1. The maximum atomic E-state index is 12.7. The summed E-state index contributed by atoms with van der Waals surface area (Å²) in [5.74, 6) is -1.11. The Morgan fingerprint density at radius 3 is 2.12 bits per heavy atom. The highest BCUT2D eigenvalue weighted by atomic mass is 28.4. The molecule has 0 unspecified atom stereocenters. The van der Waals surface area contributed by atoms with Crippen LogP contribution in [0.3, 0.4) is 0 Å². The summed E-state index contributed by atoms with van der Waals surface area (Å²) in [6, 6.07) is 0. The van der Waals surface area contributed by atoms with Gasteiger partial charge in [0.05, 0.1) is 13.7 Å². The van der Waals surface area contributed by atoms with E-state index in [9.17, 15) is 14.4 Å². The van der Waals surface area contributed by atoms with E-state index in [-0.39, 0.29) is 24.5 Å². The van der Waals surface area contributed by atoms with Gasteiger partial charge in [0.2, 0.25) is 5.91 Å². The van der Waals surface area contributed by atoms with Gasteiger partial charge in [0.15, 0.2) is 13.9 Å². The van der Waals surface area contributed by atoms with Gasteiger partial charge in [-0.3, -0.25) is 4.79 Å². The lowest BCUT2D eigenvalue weighted by molar-refractivity contribution is -0.158. The third-order valence-electron chi connectivity index (χ3n) is 5.05. The Kier molecular flexibility index (Phi) is 6.36. The molecular formula is C18H33NO6Si. The molecule has 0 bridgehead atoms. The van der Waals surface area contributed by atoms with E-state index in [0.717, 1.165) is 4.90 Å². The zero-order chi connectivity index (χ0) is 20.6. The highest BCUT2D eigenvalue weighted by molar-refractivity contribution is 6.74. The van der Waals surface area contributed by atoms with Crippen molar-refractivity contribution in [2.75, 3.05) is 13.7 Å². The summed E-state index contributed by atoms with van der Waals surface area (Å²) in [5.41, 5.74) is -2.27. The van der Waals surface area contributed by atoms with Crippen LogP contribution in [0.2, 0.25) is 18.1 Å². The molecule has 0 spiro atoms. The molecule has 0 aliphatic carbocycles. The predicted octanol–water partition coefficient (Wildman–Crippen LogP) is 3.48. The Bertz CT molecular complexity index is 575. The average Bonchev–Trinajstić information content (AvgIpc) is 2.79. The number of nitrogens with zero attached hydrogens (tertiary/aromatic N) is 1. The molecule has 1 aliphatic rings. The number of hydrogen-bond donors (Lipinski definition) is 0. The van der Waals surface area contributed by atoms with Crippen molar-refractivity contribution in [1.29, 1.82) is 0 Å². The van der Waals surface area contributed by atoms with Gasteiger partial charge in [-0.25, -0.2) is 14.5 Å². The minimum atomic E-state index is -2.21. The lowest BCUT2D eigenvalue weighted by atomic mass is 9.98. The SMILES string of the molecule is COC(=O)[C@@]1(CO[Si](C)(C)C(C)(C)C)CCC(=O)N1C(=O)OC(C)(C)C. The lowest BCUT2D eigenvalue weighted by Crippen LogP contribution is -2.60. The minimum absolute atomic E-state index is 0.0647. The van der Waals surface area contributed by atoms with Crippen LogP contribution >= 0.6 is 0 Å². The Morgan fingerprint density at radius 1 is 1.15 bits per heavy atom. The molecule has 1 fully saturated rings. The van der Waals surface area contributed by atoms with Crippen LogP contribution in [0.25, 0.3) is 0 Å². The fourth-order valence-electron chi connectivity index (χ4n) is 2.46. The quantitative estimate of drug-likeness (QED) is 0.542. The highest BCUT2D eigenvalue weighted by Gasteiger charge is 2.57. The van der Waals surface area contributed by atoms with Crippen LogP contribution in [-0.2, 0) is 23.5 Å². The van der Waals surface area contributed by atoms with Crippen LogP contribution in [0.4, 0.5) is 4.79 Å². The van der Waals surface area contributed by atoms with E-state index in [1.807, 2.05) is 13.1 Å². The molecule has 8 heteroatoms. The standard InChI is InChI=1S/C18H33NO6Si/c1-16(2,3)25-15(22)19-13(20)10-11-18(19,14(21)23-7)12-24-26(8,9)17(4,5)6/h10-12H2,1-9H3/t18-/m0/s1. The highest BCUT2D eigenvalue weighted by Crippen LogP contribution is 2.40. The predicted molar refractivity (Wildman–Crippen MR) is 100 cm³/mol. The first kappa shape index (κ1) is 22.6. The van der Waals surface area contributed by atoms with Gasteiger partial charge in [-0.05, 0) is 45.3 Å². The molecule has 0 N–H and O–H groups in total. The maximum absolute atomic E-state index is 12.7. The van der Waals surface area contributed by atoms with Crippen LogP contribution in [-0.4, -0.2) is 56.0 Å². The van der Waals surface area contributed by atoms with E-state index in [1.54, 1.807) is 20.8 Å². The molecule has 2 amide bonds. The second kappa shape index (κ2) is 7.30. The Hall–Kier alpha value is -1.41. The monoisotopic (exact) mass is 387 g/mol.